The monoisotopic (exact) mass is 539 g/mol. The molecule has 0 fully saturated rings. The van der Waals surface area contributed by atoms with E-state index in [-0.39, 0.29) is 42.8 Å². The van der Waals surface area contributed by atoms with E-state index in [1.54, 1.807) is 31.4 Å². The lowest BCUT2D eigenvalue weighted by molar-refractivity contribution is -0.141. The molecule has 0 unspecified atom stereocenters. The van der Waals surface area contributed by atoms with Gasteiger partial charge in [0.25, 0.3) is 0 Å². The van der Waals surface area contributed by atoms with Crippen molar-refractivity contribution in [3.05, 3.63) is 53.1 Å². The van der Waals surface area contributed by atoms with E-state index in [0.717, 1.165) is 11.8 Å². The normalized spacial score (nSPS) is 11.9. The molecule has 0 aliphatic carbocycles. The van der Waals surface area contributed by atoms with Gasteiger partial charge in [-0.25, -0.2) is 8.42 Å². The van der Waals surface area contributed by atoms with Gasteiger partial charge in [0.05, 0.1) is 31.2 Å². The van der Waals surface area contributed by atoms with Gasteiger partial charge in [0, 0.05) is 26.6 Å². The molecule has 36 heavy (non-hydrogen) atoms. The molecule has 11 heteroatoms. The highest BCUT2D eigenvalue weighted by molar-refractivity contribution is 7.92. The molecular formula is C25H34ClN3O6S. The van der Waals surface area contributed by atoms with Crippen LogP contribution in [0.3, 0.4) is 0 Å². The molecule has 9 nitrogen and oxygen atoms in total. The van der Waals surface area contributed by atoms with Crippen LogP contribution in [-0.2, 0) is 26.2 Å². The predicted molar refractivity (Wildman–Crippen MR) is 141 cm³/mol. The van der Waals surface area contributed by atoms with E-state index >= 15 is 0 Å². The first-order chi connectivity index (χ1) is 17.0. The van der Waals surface area contributed by atoms with E-state index in [4.69, 9.17) is 21.1 Å². The van der Waals surface area contributed by atoms with Crippen molar-refractivity contribution in [1.82, 2.24) is 10.2 Å². The quantitative estimate of drug-likeness (QED) is 0.418. The molecule has 2 amide bonds. The Morgan fingerprint density at radius 1 is 1.08 bits per heavy atom. The van der Waals surface area contributed by atoms with Gasteiger partial charge in [0.15, 0.2) is 0 Å². The third-order valence-corrected chi connectivity index (χ3v) is 7.21. The lowest BCUT2D eigenvalue weighted by Crippen LogP contribution is -2.48. The number of methoxy groups -OCH3 is 2. The summed E-state index contributed by atoms with van der Waals surface area (Å²) in [6, 6.07) is 11.3. The highest BCUT2D eigenvalue weighted by Gasteiger charge is 2.28. The molecule has 0 aliphatic rings. The Bertz CT molecular complexity index is 1140. The van der Waals surface area contributed by atoms with Gasteiger partial charge >= 0.3 is 0 Å². The summed E-state index contributed by atoms with van der Waals surface area (Å²) in [5.74, 6) is 0.611. The minimum absolute atomic E-state index is 0.0551. The van der Waals surface area contributed by atoms with Crippen molar-refractivity contribution >= 4 is 39.1 Å². The molecule has 2 aromatic rings. The molecule has 0 aliphatic heterocycles. The molecule has 2 aromatic carbocycles. The Morgan fingerprint density at radius 3 is 2.25 bits per heavy atom. The minimum Gasteiger partial charge on any atom is -0.497 e. The van der Waals surface area contributed by atoms with Gasteiger partial charge < -0.3 is 19.7 Å². The molecule has 198 valence electrons. The van der Waals surface area contributed by atoms with E-state index < -0.39 is 16.1 Å². The molecular weight excluding hydrogens is 506 g/mol. The SMILES string of the molecule is CC[C@H](C(=O)NC)N(Cc1ccc(OC)cc1)C(=O)CCCN(c1ccc(OC)c(Cl)c1)S(C)(=O)=O. The third-order valence-electron chi connectivity index (χ3n) is 5.72. The molecule has 0 aromatic heterocycles. The first-order valence-electron chi connectivity index (χ1n) is 11.5. The first kappa shape index (κ1) is 29.3. The lowest BCUT2D eigenvalue weighted by Gasteiger charge is -2.31. The Hall–Kier alpha value is -2.98. The molecule has 2 rings (SSSR count). The molecule has 1 N–H and O–H groups in total. The van der Waals surface area contributed by atoms with Crippen molar-refractivity contribution in [3.63, 3.8) is 0 Å². The van der Waals surface area contributed by atoms with Crippen molar-refractivity contribution in [1.29, 1.82) is 0 Å². The average molecular weight is 540 g/mol. The van der Waals surface area contributed by atoms with Gasteiger partial charge in [-0.05, 0) is 48.7 Å². The maximum atomic E-state index is 13.3. The van der Waals surface area contributed by atoms with Crippen molar-refractivity contribution in [2.24, 2.45) is 0 Å². The number of hydrogen-bond donors (Lipinski definition) is 1. The summed E-state index contributed by atoms with van der Waals surface area (Å²) in [7, 11) is 0.945. The van der Waals surface area contributed by atoms with Crippen LogP contribution in [0, 0.1) is 0 Å². The third kappa shape index (κ3) is 7.76. The number of ether oxygens (including phenoxy) is 2. The van der Waals surface area contributed by atoms with E-state index in [0.29, 0.717) is 23.6 Å². The summed E-state index contributed by atoms with van der Waals surface area (Å²) in [6.07, 6.45) is 1.83. The largest absolute Gasteiger partial charge is 0.497 e. The molecule has 0 radical (unpaired) electrons. The van der Waals surface area contributed by atoms with Crippen molar-refractivity contribution < 1.29 is 27.5 Å². The van der Waals surface area contributed by atoms with Crippen molar-refractivity contribution in [2.45, 2.75) is 38.8 Å². The molecule has 0 saturated carbocycles. The maximum Gasteiger partial charge on any atom is 0.242 e. The van der Waals surface area contributed by atoms with Crippen LogP contribution in [-0.4, -0.2) is 65.2 Å². The van der Waals surface area contributed by atoms with Crippen molar-refractivity contribution in [2.75, 3.05) is 38.4 Å². The number of nitrogens with zero attached hydrogens (tertiary/aromatic N) is 2. The van der Waals surface area contributed by atoms with Crippen LogP contribution < -0.4 is 19.1 Å². The first-order valence-corrected chi connectivity index (χ1v) is 13.7. The number of likely N-dealkylation sites (N-methyl/N-ethyl adjacent to an activating group) is 1. The number of hydrogen-bond acceptors (Lipinski definition) is 6. The smallest absolute Gasteiger partial charge is 0.242 e. The summed E-state index contributed by atoms with van der Waals surface area (Å²) in [6.45, 7) is 2.14. The van der Waals surface area contributed by atoms with E-state index in [9.17, 15) is 18.0 Å². The Morgan fingerprint density at radius 2 is 1.75 bits per heavy atom. The molecule has 0 spiro atoms. The van der Waals surface area contributed by atoms with Crippen LogP contribution in [0.2, 0.25) is 5.02 Å². The zero-order valence-corrected chi connectivity index (χ0v) is 22.9. The van der Waals surface area contributed by atoms with E-state index in [2.05, 4.69) is 5.32 Å². The number of nitrogens with one attached hydrogen (secondary N) is 1. The average Bonchev–Trinajstić information content (AvgIpc) is 2.85. The minimum atomic E-state index is -3.63. The number of rotatable bonds is 13. The molecule has 1 atom stereocenters. The van der Waals surface area contributed by atoms with Gasteiger partial charge in [-0.2, -0.15) is 0 Å². The number of carbonyl (C=O) groups excluding carboxylic acids is 2. The van der Waals surface area contributed by atoms with Gasteiger partial charge in [-0.3, -0.25) is 13.9 Å². The number of anilines is 1. The number of carbonyl (C=O) groups is 2. The van der Waals surface area contributed by atoms with Gasteiger partial charge in [-0.15, -0.1) is 0 Å². The Labute approximate surface area is 218 Å². The molecule has 0 bridgehead atoms. The van der Waals surface area contributed by atoms with Crippen LogP contribution >= 0.6 is 11.6 Å². The van der Waals surface area contributed by atoms with Gasteiger partial charge in [0.1, 0.15) is 17.5 Å². The second kappa shape index (κ2) is 13.4. The van der Waals surface area contributed by atoms with E-state index in [1.165, 1.54) is 29.4 Å². The second-order valence-corrected chi connectivity index (χ2v) is 10.5. The zero-order valence-electron chi connectivity index (χ0n) is 21.3. The van der Waals surface area contributed by atoms with Crippen LogP contribution in [0.15, 0.2) is 42.5 Å². The number of benzene rings is 2. The zero-order chi connectivity index (χ0) is 26.9. The molecule has 0 heterocycles. The second-order valence-electron chi connectivity index (χ2n) is 8.17. The number of amides is 2. The van der Waals surface area contributed by atoms with Crippen LogP contribution in [0.1, 0.15) is 31.7 Å². The number of sulfonamides is 1. The van der Waals surface area contributed by atoms with Gasteiger partial charge in [0.2, 0.25) is 21.8 Å². The predicted octanol–water partition coefficient (Wildman–Crippen LogP) is 3.46. The summed E-state index contributed by atoms with van der Waals surface area (Å²) >= 11 is 6.19. The van der Waals surface area contributed by atoms with E-state index in [1.807, 2.05) is 19.1 Å². The van der Waals surface area contributed by atoms with Crippen LogP contribution in [0.5, 0.6) is 11.5 Å². The summed E-state index contributed by atoms with van der Waals surface area (Å²) in [4.78, 5) is 27.4. The summed E-state index contributed by atoms with van der Waals surface area (Å²) in [5, 5.41) is 2.90. The fourth-order valence-corrected chi connectivity index (χ4v) is 5.04. The highest BCUT2D eigenvalue weighted by Crippen LogP contribution is 2.30. The maximum absolute atomic E-state index is 13.3. The van der Waals surface area contributed by atoms with Gasteiger partial charge in [-0.1, -0.05) is 30.7 Å². The fraction of sp³-hybridized carbons (Fsp3) is 0.440. The lowest BCUT2D eigenvalue weighted by atomic mass is 10.1. The number of halogens is 1. The van der Waals surface area contributed by atoms with Crippen molar-refractivity contribution in [3.8, 4) is 11.5 Å². The Balaban J connectivity index is 2.20. The summed E-state index contributed by atoms with van der Waals surface area (Å²) < 4.78 is 36.5. The fourth-order valence-electron chi connectivity index (χ4n) is 3.83. The van der Waals surface area contributed by atoms with Crippen LogP contribution in [0.4, 0.5) is 5.69 Å². The summed E-state index contributed by atoms with van der Waals surface area (Å²) in [5.41, 5.74) is 1.22. The molecule has 0 saturated heterocycles. The topological polar surface area (TPSA) is 105 Å². The van der Waals surface area contributed by atoms with Crippen LogP contribution in [0.25, 0.3) is 0 Å². The highest BCUT2D eigenvalue weighted by atomic mass is 35.5. The standard InChI is InChI=1S/C25H34ClN3O6S/c1-6-22(25(31)27-2)28(17-18-9-12-20(34-3)13-10-18)24(30)8-7-15-29(36(5,32)33)19-11-14-23(35-4)21(26)16-19/h9-14,16,22H,6-8,15,17H2,1-5H3,(H,27,31)/t22-/m1/s1. The Kier molecular flexibility index (Phi) is 10.9.